The fraction of sp³-hybridized carbons (Fsp3) is 0.364. The van der Waals surface area contributed by atoms with Crippen LogP contribution in [-0.4, -0.2) is 26.9 Å². The minimum absolute atomic E-state index is 0.414. The van der Waals surface area contributed by atoms with Gasteiger partial charge in [0.15, 0.2) is 5.82 Å². The van der Waals surface area contributed by atoms with Gasteiger partial charge in [0.1, 0.15) is 5.82 Å². The summed E-state index contributed by atoms with van der Waals surface area (Å²) in [5.41, 5.74) is 8.46. The Labute approximate surface area is 119 Å². The number of ether oxygens (including phenoxy) is 1. The predicted octanol–water partition coefficient (Wildman–Crippen LogP) is 1.52. The van der Waals surface area contributed by atoms with E-state index in [9.17, 15) is 0 Å². The summed E-state index contributed by atoms with van der Waals surface area (Å²) in [6.45, 7) is 2.33. The monoisotopic (exact) mass is 359 g/mol. The molecule has 0 atom stereocenters. The van der Waals surface area contributed by atoms with E-state index in [-0.39, 0.29) is 0 Å². The van der Waals surface area contributed by atoms with Gasteiger partial charge >= 0.3 is 0 Å². The lowest BCUT2D eigenvalue weighted by atomic mass is 10.2. The molecular formula is C11H14IN5O. The van der Waals surface area contributed by atoms with Crippen LogP contribution in [0.5, 0.6) is 0 Å². The quantitative estimate of drug-likeness (QED) is 0.841. The maximum Gasteiger partial charge on any atom is 0.165 e. The second-order valence-corrected chi connectivity index (χ2v) is 5.01. The van der Waals surface area contributed by atoms with Gasteiger partial charge in [0.2, 0.25) is 0 Å². The molecule has 0 bridgehead atoms. The molecule has 18 heavy (non-hydrogen) atoms. The Bertz CT molecular complexity index is 581. The van der Waals surface area contributed by atoms with Gasteiger partial charge in [0, 0.05) is 20.4 Å². The fourth-order valence-corrected chi connectivity index (χ4v) is 2.08. The van der Waals surface area contributed by atoms with Crippen molar-refractivity contribution >= 4 is 28.4 Å². The van der Waals surface area contributed by atoms with Gasteiger partial charge in [-0.25, -0.2) is 9.97 Å². The van der Waals surface area contributed by atoms with Gasteiger partial charge in [-0.3, -0.25) is 4.68 Å². The third-order valence-corrected chi connectivity index (χ3v) is 3.66. The zero-order valence-electron chi connectivity index (χ0n) is 10.4. The highest BCUT2D eigenvalue weighted by molar-refractivity contribution is 14.1. The van der Waals surface area contributed by atoms with E-state index >= 15 is 0 Å². The minimum Gasteiger partial charge on any atom is -0.383 e. The van der Waals surface area contributed by atoms with E-state index in [1.165, 1.54) is 0 Å². The summed E-state index contributed by atoms with van der Waals surface area (Å²) in [6, 6.07) is 0. The van der Waals surface area contributed by atoms with Gasteiger partial charge in [-0.1, -0.05) is 0 Å². The first-order chi connectivity index (χ1) is 8.52. The number of anilines is 1. The number of hydrogen-bond donors (Lipinski definition) is 1. The summed E-state index contributed by atoms with van der Waals surface area (Å²) in [4.78, 5) is 8.80. The lowest BCUT2D eigenvalue weighted by Gasteiger charge is -2.07. The number of methoxy groups -OCH3 is 1. The van der Waals surface area contributed by atoms with Gasteiger partial charge in [-0.05, 0) is 29.5 Å². The molecule has 0 saturated carbocycles. The smallest absolute Gasteiger partial charge is 0.165 e. The van der Waals surface area contributed by atoms with Gasteiger partial charge in [0.25, 0.3) is 0 Å². The van der Waals surface area contributed by atoms with Gasteiger partial charge in [-0.2, -0.15) is 5.10 Å². The van der Waals surface area contributed by atoms with E-state index in [2.05, 4.69) is 37.7 Å². The Hall–Kier alpha value is -1.22. The van der Waals surface area contributed by atoms with Crippen LogP contribution in [0.4, 0.5) is 5.82 Å². The summed E-state index contributed by atoms with van der Waals surface area (Å²) in [6.07, 6.45) is 1.88. The highest BCUT2D eigenvalue weighted by Crippen LogP contribution is 2.24. The van der Waals surface area contributed by atoms with Crippen molar-refractivity contribution in [3.05, 3.63) is 21.2 Å². The number of aromatic nitrogens is 4. The van der Waals surface area contributed by atoms with Crippen LogP contribution in [0.3, 0.4) is 0 Å². The van der Waals surface area contributed by atoms with Crippen LogP contribution in [-0.2, 0) is 18.4 Å². The van der Waals surface area contributed by atoms with E-state index in [1.54, 1.807) is 11.8 Å². The molecule has 96 valence electrons. The molecule has 0 aliphatic carbocycles. The van der Waals surface area contributed by atoms with Gasteiger partial charge in [-0.15, -0.1) is 0 Å². The SMILES string of the molecule is COCc1nc(-c2cn(C)nc2C)nc(N)c1I. The Morgan fingerprint density at radius 2 is 2.17 bits per heavy atom. The van der Waals surface area contributed by atoms with Crippen LogP contribution < -0.4 is 5.73 Å². The molecule has 0 saturated heterocycles. The molecule has 0 unspecified atom stereocenters. The molecular weight excluding hydrogens is 345 g/mol. The number of aryl methyl sites for hydroxylation is 2. The Morgan fingerprint density at radius 1 is 1.44 bits per heavy atom. The second-order valence-electron chi connectivity index (χ2n) is 3.93. The largest absolute Gasteiger partial charge is 0.383 e. The summed E-state index contributed by atoms with van der Waals surface area (Å²) in [7, 11) is 3.49. The maximum atomic E-state index is 5.90. The molecule has 2 aromatic rings. The summed E-state index contributed by atoms with van der Waals surface area (Å²) in [5.74, 6) is 1.06. The van der Waals surface area contributed by atoms with Crippen molar-refractivity contribution in [2.24, 2.45) is 7.05 Å². The second kappa shape index (κ2) is 5.19. The topological polar surface area (TPSA) is 78.8 Å². The molecule has 0 radical (unpaired) electrons. The predicted molar refractivity (Wildman–Crippen MR) is 76.8 cm³/mol. The zero-order valence-corrected chi connectivity index (χ0v) is 12.6. The van der Waals surface area contributed by atoms with Crippen molar-refractivity contribution in [3.8, 4) is 11.4 Å². The van der Waals surface area contributed by atoms with Crippen LogP contribution in [0.2, 0.25) is 0 Å². The third-order valence-electron chi connectivity index (χ3n) is 2.48. The van der Waals surface area contributed by atoms with Crippen molar-refractivity contribution in [1.82, 2.24) is 19.7 Å². The molecule has 0 fully saturated rings. The van der Waals surface area contributed by atoms with E-state index in [1.807, 2.05) is 20.2 Å². The normalized spacial score (nSPS) is 10.9. The number of nitrogens with zero attached hydrogens (tertiary/aromatic N) is 4. The molecule has 7 heteroatoms. The molecule has 0 aromatic carbocycles. The Balaban J connectivity index is 2.55. The highest BCUT2D eigenvalue weighted by atomic mass is 127. The standard InChI is InChI=1S/C11H14IN5O/c1-6-7(4-17(2)16-6)11-14-8(5-18-3)9(12)10(13)15-11/h4H,5H2,1-3H3,(H2,13,14,15). The van der Waals surface area contributed by atoms with Crippen LogP contribution in [0.15, 0.2) is 6.20 Å². The third kappa shape index (κ3) is 2.46. The molecule has 2 aromatic heterocycles. The molecule has 0 aliphatic rings. The van der Waals surface area contributed by atoms with Crippen molar-refractivity contribution in [2.75, 3.05) is 12.8 Å². The minimum atomic E-state index is 0.414. The van der Waals surface area contributed by atoms with Crippen molar-refractivity contribution in [3.63, 3.8) is 0 Å². The summed E-state index contributed by atoms with van der Waals surface area (Å²) in [5, 5.41) is 4.28. The van der Waals surface area contributed by atoms with Crippen molar-refractivity contribution in [2.45, 2.75) is 13.5 Å². The molecule has 0 amide bonds. The van der Waals surface area contributed by atoms with E-state index in [0.717, 1.165) is 20.5 Å². The Morgan fingerprint density at radius 3 is 2.72 bits per heavy atom. The molecule has 2 N–H and O–H groups in total. The average molecular weight is 359 g/mol. The summed E-state index contributed by atoms with van der Waals surface area (Å²) >= 11 is 2.13. The van der Waals surface area contributed by atoms with Gasteiger partial charge in [0.05, 0.1) is 27.1 Å². The molecule has 2 rings (SSSR count). The van der Waals surface area contributed by atoms with E-state index in [4.69, 9.17) is 10.5 Å². The number of halogens is 1. The Kier molecular flexibility index (Phi) is 3.81. The summed E-state index contributed by atoms with van der Waals surface area (Å²) < 4.78 is 7.69. The van der Waals surface area contributed by atoms with Crippen molar-refractivity contribution in [1.29, 1.82) is 0 Å². The van der Waals surface area contributed by atoms with E-state index in [0.29, 0.717) is 18.2 Å². The number of nitrogens with two attached hydrogens (primary N) is 1. The number of nitrogen functional groups attached to an aromatic ring is 1. The zero-order chi connectivity index (χ0) is 13.3. The number of hydrogen-bond acceptors (Lipinski definition) is 5. The molecule has 0 aliphatic heterocycles. The van der Waals surface area contributed by atoms with Crippen LogP contribution in [0.25, 0.3) is 11.4 Å². The first kappa shape index (κ1) is 13.2. The number of rotatable bonds is 3. The van der Waals surface area contributed by atoms with Gasteiger partial charge < -0.3 is 10.5 Å². The van der Waals surface area contributed by atoms with Crippen LogP contribution in [0, 0.1) is 10.5 Å². The highest BCUT2D eigenvalue weighted by Gasteiger charge is 2.14. The lowest BCUT2D eigenvalue weighted by molar-refractivity contribution is 0.181. The molecule has 2 heterocycles. The molecule has 0 spiro atoms. The fourth-order valence-electron chi connectivity index (χ4n) is 1.68. The lowest BCUT2D eigenvalue weighted by Crippen LogP contribution is -2.06. The van der Waals surface area contributed by atoms with Crippen molar-refractivity contribution < 1.29 is 4.74 Å². The van der Waals surface area contributed by atoms with Crippen LogP contribution >= 0.6 is 22.6 Å². The van der Waals surface area contributed by atoms with Crippen LogP contribution in [0.1, 0.15) is 11.4 Å². The average Bonchev–Trinajstić information content (AvgIpc) is 2.64. The first-order valence-corrected chi connectivity index (χ1v) is 6.42. The maximum absolute atomic E-state index is 5.90. The van der Waals surface area contributed by atoms with E-state index < -0.39 is 0 Å². The first-order valence-electron chi connectivity index (χ1n) is 5.34. The molecule has 6 nitrogen and oxygen atoms in total.